The predicted octanol–water partition coefficient (Wildman–Crippen LogP) is 4.67. The van der Waals surface area contributed by atoms with Crippen molar-refractivity contribution in [2.75, 3.05) is 6.16 Å². The second kappa shape index (κ2) is 4.16. The number of allylic oxidation sites excluding steroid dienone is 2. The zero-order valence-electron chi connectivity index (χ0n) is 11.5. The van der Waals surface area contributed by atoms with E-state index in [-0.39, 0.29) is 0 Å². The Bertz CT molecular complexity index is 729. The summed E-state index contributed by atoms with van der Waals surface area (Å²) in [7, 11) is -3.43. The van der Waals surface area contributed by atoms with Crippen molar-refractivity contribution in [2.24, 2.45) is 0 Å². The fourth-order valence-corrected chi connectivity index (χ4v) is 6.81. The van der Waals surface area contributed by atoms with Crippen molar-refractivity contribution in [3.05, 3.63) is 65.4 Å². The van der Waals surface area contributed by atoms with Crippen LogP contribution in [-0.2, 0) is 4.52 Å². The molecule has 0 aliphatic carbocycles. The molecule has 0 amide bonds. The molecule has 0 bridgehead atoms. The van der Waals surface area contributed by atoms with Crippen molar-refractivity contribution in [1.82, 2.24) is 0 Å². The van der Waals surface area contributed by atoms with Crippen LogP contribution < -0.4 is 14.4 Å². The van der Waals surface area contributed by atoms with E-state index in [4.69, 9.17) is 25.2 Å². The van der Waals surface area contributed by atoms with Crippen molar-refractivity contribution in [2.45, 2.75) is 6.92 Å². The summed E-state index contributed by atoms with van der Waals surface area (Å²) >= 11 is 6.01. The van der Waals surface area contributed by atoms with Crippen molar-refractivity contribution in [3.63, 3.8) is 0 Å². The topological polar surface area (TPSA) is 27.7 Å². The van der Waals surface area contributed by atoms with E-state index in [1.165, 1.54) is 0 Å². The summed E-state index contributed by atoms with van der Waals surface area (Å²) in [6.07, 6.45) is 2.63. The average Bonchev–Trinajstić information content (AvgIpc) is 2.99. The molecule has 0 unspecified atom stereocenters. The second-order valence-electron chi connectivity index (χ2n) is 5.24. The van der Waals surface area contributed by atoms with E-state index in [0.717, 1.165) is 22.6 Å². The normalized spacial score (nSPS) is 22.2. The van der Waals surface area contributed by atoms with Gasteiger partial charge in [0, 0.05) is 0 Å². The van der Waals surface area contributed by atoms with Crippen LogP contribution in [-0.4, -0.2) is 6.16 Å². The molecule has 4 rings (SSSR count). The van der Waals surface area contributed by atoms with Crippen LogP contribution in [0.3, 0.4) is 0 Å². The molecular weight excluding hydrogens is 307 g/mol. The molecule has 0 fully saturated rings. The van der Waals surface area contributed by atoms with Gasteiger partial charge in [0.05, 0.1) is 0 Å². The van der Waals surface area contributed by atoms with E-state index in [1.54, 1.807) is 0 Å². The molecule has 2 aliphatic heterocycles. The molecule has 0 radical (unpaired) electrons. The Morgan fingerprint density at radius 1 is 0.905 bits per heavy atom. The van der Waals surface area contributed by atoms with E-state index in [0.29, 0.717) is 11.2 Å². The van der Waals surface area contributed by atoms with Crippen LogP contribution >= 0.6 is 18.9 Å². The fourth-order valence-electron chi connectivity index (χ4n) is 2.77. The van der Waals surface area contributed by atoms with Gasteiger partial charge in [0.2, 0.25) is 0 Å². The monoisotopic (exact) mass is 320 g/mol. The Morgan fingerprint density at radius 2 is 1.52 bits per heavy atom. The molecule has 2 aromatic rings. The summed E-state index contributed by atoms with van der Waals surface area (Å²) in [6, 6.07) is 15.2. The number of halogens is 1. The zero-order valence-corrected chi connectivity index (χ0v) is 13.1. The first kappa shape index (κ1) is 13.0. The SMILES string of the molecule is CC1=CCP2(c3ccc(Cl)cc3)(O1)Oc1ccccc1O2. The van der Waals surface area contributed by atoms with Crippen LogP contribution in [0.5, 0.6) is 11.5 Å². The third kappa shape index (κ3) is 1.78. The first-order chi connectivity index (χ1) is 10.1. The number of benzene rings is 2. The number of fused-ring (bicyclic) bond motifs is 1. The summed E-state index contributed by atoms with van der Waals surface area (Å²) in [4.78, 5) is 0. The summed E-state index contributed by atoms with van der Waals surface area (Å²) in [5.41, 5.74) is 0. The zero-order chi connectivity index (χ0) is 14.5. The summed E-state index contributed by atoms with van der Waals surface area (Å²) in [6.45, 7) is 1.92. The van der Waals surface area contributed by atoms with E-state index >= 15 is 0 Å². The van der Waals surface area contributed by atoms with E-state index in [9.17, 15) is 0 Å². The van der Waals surface area contributed by atoms with Gasteiger partial charge in [-0.25, -0.2) is 0 Å². The Hall–Kier alpha value is -1.70. The van der Waals surface area contributed by atoms with Crippen LogP contribution in [0.15, 0.2) is 60.4 Å². The molecule has 3 nitrogen and oxygen atoms in total. The Balaban J connectivity index is 1.89. The molecule has 2 aliphatic rings. The van der Waals surface area contributed by atoms with E-state index in [1.807, 2.05) is 61.5 Å². The molecule has 0 aromatic heterocycles. The molecule has 5 heteroatoms. The van der Waals surface area contributed by atoms with Gasteiger partial charge in [0.15, 0.2) is 0 Å². The Labute approximate surface area is 128 Å². The predicted molar refractivity (Wildman–Crippen MR) is 85.4 cm³/mol. The molecule has 0 saturated carbocycles. The van der Waals surface area contributed by atoms with Gasteiger partial charge in [-0.2, -0.15) is 0 Å². The van der Waals surface area contributed by atoms with Gasteiger partial charge in [-0.05, 0) is 0 Å². The van der Waals surface area contributed by atoms with Gasteiger partial charge in [0.1, 0.15) is 0 Å². The fraction of sp³-hybridized carbons (Fsp3) is 0.125. The van der Waals surface area contributed by atoms with Gasteiger partial charge in [0.25, 0.3) is 0 Å². The molecular formula is C16H14ClO3P. The summed E-state index contributed by atoms with van der Waals surface area (Å²) in [5, 5.41) is 1.59. The Morgan fingerprint density at radius 3 is 2.05 bits per heavy atom. The first-order valence-electron chi connectivity index (χ1n) is 6.73. The molecule has 108 valence electrons. The van der Waals surface area contributed by atoms with Crippen molar-refractivity contribution >= 4 is 24.2 Å². The summed E-state index contributed by atoms with van der Waals surface area (Å²) in [5.74, 6) is 2.29. The number of hydrogen-bond donors (Lipinski definition) is 0. The van der Waals surface area contributed by atoms with E-state index in [2.05, 4.69) is 0 Å². The molecule has 0 saturated heterocycles. The van der Waals surface area contributed by atoms with Gasteiger partial charge in [-0.15, -0.1) is 0 Å². The van der Waals surface area contributed by atoms with Gasteiger partial charge >= 0.3 is 128 Å². The van der Waals surface area contributed by atoms with Gasteiger partial charge < -0.3 is 0 Å². The number of rotatable bonds is 1. The number of hydrogen-bond acceptors (Lipinski definition) is 3. The molecule has 1 spiro atoms. The molecule has 21 heavy (non-hydrogen) atoms. The maximum absolute atomic E-state index is 6.33. The van der Waals surface area contributed by atoms with Crippen molar-refractivity contribution in [3.8, 4) is 11.5 Å². The van der Waals surface area contributed by atoms with Gasteiger partial charge in [-0.1, -0.05) is 0 Å². The van der Waals surface area contributed by atoms with Crippen LogP contribution in [0.4, 0.5) is 0 Å². The minimum absolute atomic E-state index is 0.605. The van der Waals surface area contributed by atoms with Crippen LogP contribution in [0.2, 0.25) is 5.02 Å². The molecule has 2 heterocycles. The van der Waals surface area contributed by atoms with Crippen LogP contribution in [0.1, 0.15) is 6.92 Å². The standard InChI is InChI=1S/C16H14ClO3P/c1-12-10-11-21(18-12,14-8-6-13(17)7-9-14)19-15-4-2-3-5-16(15)20-21/h2-10H,11H2,1H3. The van der Waals surface area contributed by atoms with Crippen LogP contribution in [0, 0.1) is 0 Å². The molecule has 0 atom stereocenters. The maximum atomic E-state index is 6.33. The molecule has 0 N–H and O–H groups in total. The quantitative estimate of drug-likeness (QED) is 0.715. The van der Waals surface area contributed by atoms with Crippen LogP contribution in [0.25, 0.3) is 0 Å². The van der Waals surface area contributed by atoms with E-state index < -0.39 is 7.28 Å². The molecule has 2 aromatic carbocycles. The summed E-state index contributed by atoms with van der Waals surface area (Å²) < 4.78 is 18.9. The third-order valence-electron chi connectivity index (χ3n) is 3.76. The van der Waals surface area contributed by atoms with Crippen molar-refractivity contribution in [1.29, 1.82) is 0 Å². The second-order valence-corrected chi connectivity index (χ2v) is 9.19. The van der Waals surface area contributed by atoms with Crippen molar-refractivity contribution < 1.29 is 13.6 Å². The minimum atomic E-state index is -3.43. The number of para-hydroxylation sites is 2. The first-order valence-corrected chi connectivity index (χ1v) is 9.29. The Kier molecular flexibility index (Phi) is 2.57. The van der Waals surface area contributed by atoms with Gasteiger partial charge in [-0.3, -0.25) is 0 Å². The third-order valence-corrected chi connectivity index (χ3v) is 7.91. The average molecular weight is 321 g/mol.